The molecule has 2 aromatic rings. The first-order valence-electron chi connectivity index (χ1n) is 10.3. The topological polar surface area (TPSA) is 113 Å². The second-order valence-electron chi connectivity index (χ2n) is 7.78. The number of hydrogen-bond acceptors (Lipinski definition) is 5. The van der Waals surface area contributed by atoms with Gasteiger partial charge in [0.25, 0.3) is 0 Å². The maximum absolute atomic E-state index is 13.0. The number of carbonyl (C=O) groups is 1. The van der Waals surface area contributed by atoms with E-state index in [4.69, 9.17) is 23.2 Å². The van der Waals surface area contributed by atoms with Crippen LogP contribution in [0.4, 0.5) is 0 Å². The quantitative estimate of drug-likeness (QED) is 0.506. The highest BCUT2D eigenvalue weighted by Crippen LogP contribution is 2.30. The van der Waals surface area contributed by atoms with Crippen molar-refractivity contribution >= 4 is 49.2 Å². The molecule has 1 saturated heterocycles. The van der Waals surface area contributed by atoms with Crippen LogP contribution in [-0.2, 0) is 24.8 Å². The third-order valence-corrected chi connectivity index (χ3v) is 9.37. The molecule has 0 unspecified atom stereocenters. The van der Waals surface area contributed by atoms with Crippen LogP contribution in [0.1, 0.15) is 18.4 Å². The van der Waals surface area contributed by atoms with Gasteiger partial charge in [-0.05, 0) is 50.1 Å². The third kappa shape index (κ3) is 6.46. The molecule has 1 heterocycles. The Labute approximate surface area is 204 Å². The Bertz CT molecular complexity index is 1220. The van der Waals surface area contributed by atoms with E-state index in [1.165, 1.54) is 34.6 Å². The molecule has 0 bridgehead atoms. The molecule has 12 heteroatoms. The normalized spacial score (nSPS) is 17.6. The minimum atomic E-state index is -3.91. The molecule has 0 radical (unpaired) electrons. The molecule has 1 amide bonds. The zero-order chi connectivity index (χ0) is 24.2. The van der Waals surface area contributed by atoms with Crippen molar-refractivity contribution in [3.8, 4) is 0 Å². The summed E-state index contributed by atoms with van der Waals surface area (Å²) in [5.41, 5.74) is 0.947. The van der Waals surface area contributed by atoms with Crippen LogP contribution in [0.5, 0.6) is 0 Å². The van der Waals surface area contributed by atoms with Crippen molar-refractivity contribution in [2.45, 2.75) is 29.6 Å². The van der Waals surface area contributed by atoms with Gasteiger partial charge in [0.2, 0.25) is 26.0 Å². The predicted molar refractivity (Wildman–Crippen MR) is 127 cm³/mol. The van der Waals surface area contributed by atoms with Crippen molar-refractivity contribution in [1.82, 2.24) is 14.3 Å². The summed E-state index contributed by atoms with van der Waals surface area (Å²) in [4.78, 5) is 12.7. The number of nitrogens with zero attached hydrogens (tertiary/aromatic N) is 1. The molecule has 33 heavy (non-hydrogen) atoms. The minimum absolute atomic E-state index is 0.00605. The van der Waals surface area contributed by atoms with E-state index < -0.39 is 26.0 Å². The molecule has 180 valence electrons. The fourth-order valence-corrected chi connectivity index (χ4v) is 6.80. The number of rotatable bonds is 8. The predicted octanol–water partition coefficient (Wildman–Crippen LogP) is 2.80. The molecular weight excluding hydrogens is 509 g/mol. The van der Waals surface area contributed by atoms with Gasteiger partial charge in [0.05, 0.1) is 15.8 Å². The first kappa shape index (κ1) is 25.9. The number of benzene rings is 2. The van der Waals surface area contributed by atoms with Gasteiger partial charge in [0.15, 0.2) is 0 Å². The van der Waals surface area contributed by atoms with Crippen LogP contribution in [0.25, 0.3) is 0 Å². The molecule has 1 aliphatic rings. The van der Waals surface area contributed by atoms with Crippen LogP contribution >= 0.6 is 23.2 Å². The summed E-state index contributed by atoms with van der Waals surface area (Å²) in [6, 6.07) is 10.7. The van der Waals surface area contributed by atoms with Crippen molar-refractivity contribution in [2.75, 3.05) is 26.2 Å². The van der Waals surface area contributed by atoms with E-state index in [0.717, 1.165) is 5.56 Å². The molecule has 2 N–H and O–H groups in total. The molecule has 0 aromatic heterocycles. The molecule has 8 nitrogen and oxygen atoms in total. The molecule has 1 atom stereocenters. The second kappa shape index (κ2) is 10.7. The maximum atomic E-state index is 13.0. The highest BCUT2D eigenvalue weighted by Gasteiger charge is 2.34. The summed E-state index contributed by atoms with van der Waals surface area (Å²) in [7, 11) is -7.59. The maximum Gasteiger partial charge on any atom is 0.244 e. The lowest BCUT2D eigenvalue weighted by molar-refractivity contribution is -0.126. The number of amides is 1. The Balaban J connectivity index is 1.55. The number of carbonyl (C=O) groups excluding carboxylic acids is 1. The fourth-order valence-electron chi connectivity index (χ4n) is 3.50. The van der Waals surface area contributed by atoms with E-state index in [2.05, 4.69) is 10.0 Å². The van der Waals surface area contributed by atoms with Gasteiger partial charge >= 0.3 is 0 Å². The van der Waals surface area contributed by atoms with Gasteiger partial charge < -0.3 is 5.32 Å². The Morgan fingerprint density at radius 2 is 1.76 bits per heavy atom. The largest absolute Gasteiger partial charge is 0.355 e. The number of hydrogen-bond donors (Lipinski definition) is 2. The Morgan fingerprint density at radius 1 is 1.06 bits per heavy atom. The van der Waals surface area contributed by atoms with E-state index >= 15 is 0 Å². The van der Waals surface area contributed by atoms with Gasteiger partial charge in [-0.25, -0.2) is 21.6 Å². The van der Waals surface area contributed by atoms with E-state index in [0.29, 0.717) is 12.8 Å². The highest BCUT2D eigenvalue weighted by atomic mass is 35.5. The Hall–Kier alpha value is -1.69. The molecule has 2 aromatic carbocycles. The number of halogens is 2. The van der Waals surface area contributed by atoms with E-state index in [-0.39, 0.29) is 51.9 Å². The average molecular weight is 534 g/mol. The number of piperidine rings is 1. The van der Waals surface area contributed by atoms with Crippen LogP contribution in [0.15, 0.2) is 52.3 Å². The average Bonchev–Trinajstić information content (AvgIpc) is 2.78. The van der Waals surface area contributed by atoms with Crippen LogP contribution < -0.4 is 10.0 Å². The first-order chi connectivity index (χ1) is 15.5. The van der Waals surface area contributed by atoms with E-state index in [9.17, 15) is 21.6 Å². The smallest absolute Gasteiger partial charge is 0.244 e. The summed E-state index contributed by atoms with van der Waals surface area (Å²) >= 11 is 12.0. The van der Waals surface area contributed by atoms with Gasteiger partial charge in [-0.1, -0.05) is 40.9 Å². The monoisotopic (exact) mass is 533 g/mol. The lowest BCUT2D eigenvalue weighted by Crippen LogP contribution is -2.46. The minimum Gasteiger partial charge on any atom is -0.355 e. The molecule has 1 aliphatic heterocycles. The lowest BCUT2D eigenvalue weighted by atomic mass is 9.99. The van der Waals surface area contributed by atoms with Crippen LogP contribution in [-0.4, -0.2) is 53.2 Å². The standard InChI is InChI=1S/C21H25Cl2N3O5S2/c1-15-4-7-18(8-5-15)32(28,29)25-11-10-24-21(27)16-3-2-12-26(14-16)33(30,31)20-13-17(22)6-9-19(20)23/h4-9,13,16,25H,2-3,10-12,14H2,1H3,(H,24,27)/t16-/m0/s1. The van der Waals surface area contributed by atoms with Crippen molar-refractivity contribution in [3.05, 3.63) is 58.1 Å². The first-order valence-corrected chi connectivity index (χ1v) is 14.0. The second-order valence-corrected chi connectivity index (χ2v) is 12.3. The molecule has 0 saturated carbocycles. The van der Waals surface area contributed by atoms with Crippen LogP contribution in [0, 0.1) is 12.8 Å². The van der Waals surface area contributed by atoms with Crippen LogP contribution in [0.2, 0.25) is 10.0 Å². The van der Waals surface area contributed by atoms with E-state index in [1.54, 1.807) is 12.1 Å². The molecule has 0 aliphatic carbocycles. The van der Waals surface area contributed by atoms with E-state index in [1.807, 2.05) is 6.92 Å². The van der Waals surface area contributed by atoms with Crippen molar-refractivity contribution in [3.63, 3.8) is 0 Å². The zero-order valence-corrected chi connectivity index (χ0v) is 21.1. The number of nitrogens with one attached hydrogen (secondary N) is 2. The van der Waals surface area contributed by atoms with Crippen molar-refractivity contribution in [2.24, 2.45) is 5.92 Å². The number of aryl methyl sites for hydroxylation is 1. The number of sulfonamides is 2. The van der Waals surface area contributed by atoms with Crippen molar-refractivity contribution < 1.29 is 21.6 Å². The van der Waals surface area contributed by atoms with Crippen LogP contribution in [0.3, 0.4) is 0 Å². The summed E-state index contributed by atoms with van der Waals surface area (Å²) in [5.74, 6) is -0.887. The lowest BCUT2D eigenvalue weighted by Gasteiger charge is -2.31. The summed E-state index contributed by atoms with van der Waals surface area (Å²) < 4.78 is 54.4. The van der Waals surface area contributed by atoms with Gasteiger partial charge in [0, 0.05) is 31.2 Å². The highest BCUT2D eigenvalue weighted by molar-refractivity contribution is 7.89. The summed E-state index contributed by atoms with van der Waals surface area (Å²) in [5, 5.41) is 2.99. The van der Waals surface area contributed by atoms with Gasteiger partial charge in [-0.3, -0.25) is 4.79 Å². The Morgan fingerprint density at radius 3 is 2.45 bits per heavy atom. The Kier molecular flexibility index (Phi) is 8.41. The SMILES string of the molecule is Cc1ccc(S(=O)(=O)NCCNC(=O)[C@H]2CCCN(S(=O)(=O)c3cc(Cl)ccc3Cl)C2)cc1. The summed E-state index contributed by atoms with van der Waals surface area (Å²) in [6.07, 6.45) is 1.03. The molecular formula is C21H25Cl2N3O5S2. The summed E-state index contributed by atoms with van der Waals surface area (Å²) in [6.45, 7) is 2.22. The van der Waals surface area contributed by atoms with Gasteiger partial charge in [-0.15, -0.1) is 0 Å². The molecule has 1 fully saturated rings. The third-order valence-electron chi connectivity index (χ3n) is 5.31. The zero-order valence-electron chi connectivity index (χ0n) is 17.9. The molecule has 3 rings (SSSR count). The van der Waals surface area contributed by atoms with Gasteiger partial charge in [0.1, 0.15) is 4.90 Å². The fraction of sp³-hybridized carbons (Fsp3) is 0.381. The molecule has 0 spiro atoms. The van der Waals surface area contributed by atoms with Crippen molar-refractivity contribution in [1.29, 1.82) is 0 Å². The van der Waals surface area contributed by atoms with Gasteiger partial charge in [-0.2, -0.15) is 4.31 Å².